The topological polar surface area (TPSA) is 59.7 Å². The Morgan fingerprint density at radius 3 is 2.83 bits per heavy atom. The lowest BCUT2D eigenvalue weighted by atomic mass is 10.0. The van der Waals surface area contributed by atoms with Crippen LogP contribution in [0.4, 0.5) is 0 Å². The van der Waals surface area contributed by atoms with Crippen LogP contribution in [0.3, 0.4) is 0 Å². The summed E-state index contributed by atoms with van der Waals surface area (Å²) in [6.45, 7) is 4.73. The molecule has 3 heterocycles. The molecular weight excluding hydrogens is 288 g/mol. The smallest absolute Gasteiger partial charge is 0.173 e. The number of nitrogens with zero attached hydrogens (tertiary/aromatic N) is 6. The summed E-state index contributed by atoms with van der Waals surface area (Å²) >= 11 is 0. The van der Waals surface area contributed by atoms with Crippen molar-refractivity contribution in [2.75, 3.05) is 6.54 Å². The molecule has 0 saturated heterocycles. The Bertz CT molecular complexity index is 798. The van der Waals surface area contributed by atoms with E-state index >= 15 is 0 Å². The molecule has 0 N–H and O–H groups in total. The van der Waals surface area contributed by atoms with Crippen molar-refractivity contribution in [3.05, 3.63) is 71.3 Å². The predicted octanol–water partition coefficient (Wildman–Crippen LogP) is 1.98. The normalized spacial score (nSPS) is 17.9. The van der Waals surface area contributed by atoms with Crippen molar-refractivity contribution in [3.8, 4) is 0 Å². The van der Waals surface area contributed by atoms with E-state index in [0.29, 0.717) is 0 Å². The van der Waals surface area contributed by atoms with Crippen molar-refractivity contribution >= 4 is 0 Å². The molecule has 116 valence electrons. The molecule has 0 saturated carbocycles. The summed E-state index contributed by atoms with van der Waals surface area (Å²) in [4.78, 5) is 6.55. The summed E-state index contributed by atoms with van der Waals surface area (Å²) in [5.74, 6) is 0.898. The zero-order valence-electron chi connectivity index (χ0n) is 13.0. The van der Waals surface area contributed by atoms with Gasteiger partial charge >= 0.3 is 0 Å². The first-order chi connectivity index (χ1) is 11.3. The fourth-order valence-electron chi connectivity index (χ4n) is 3.20. The van der Waals surface area contributed by atoms with Gasteiger partial charge in [-0.05, 0) is 40.6 Å². The molecule has 0 radical (unpaired) electrons. The summed E-state index contributed by atoms with van der Waals surface area (Å²) in [6.07, 6.45) is 3.64. The van der Waals surface area contributed by atoms with Crippen LogP contribution in [0.1, 0.15) is 28.6 Å². The highest BCUT2D eigenvalue weighted by Crippen LogP contribution is 2.30. The molecular formula is C17H18N6. The van der Waals surface area contributed by atoms with Crippen LogP contribution in [0.5, 0.6) is 0 Å². The Labute approximate surface area is 134 Å². The first-order valence-electron chi connectivity index (χ1n) is 7.77. The van der Waals surface area contributed by atoms with Gasteiger partial charge in [0, 0.05) is 25.5 Å². The Balaban J connectivity index is 1.71. The highest BCUT2D eigenvalue weighted by molar-refractivity contribution is 5.26. The predicted molar refractivity (Wildman–Crippen MR) is 85.5 cm³/mol. The molecule has 0 amide bonds. The van der Waals surface area contributed by atoms with Gasteiger partial charge in [-0.25, -0.2) is 4.68 Å². The van der Waals surface area contributed by atoms with Gasteiger partial charge in [-0.15, -0.1) is 5.10 Å². The van der Waals surface area contributed by atoms with Crippen LogP contribution < -0.4 is 0 Å². The molecule has 0 bridgehead atoms. The van der Waals surface area contributed by atoms with Gasteiger partial charge in [0.15, 0.2) is 5.82 Å². The monoisotopic (exact) mass is 306 g/mol. The van der Waals surface area contributed by atoms with E-state index in [9.17, 15) is 0 Å². The number of aromatic nitrogens is 5. The summed E-state index contributed by atoms with van der Waals surface area (Å²) < 4.78 is 1.90. The summed E-state index contributed by atoms with van der Waals surface area (Å²) in [5, 5.41) is 12.2. The van der Waals surface area contributed by atoms with Crippen molar-refractivity contribution < 1.29 is 0 Å². The molecule has 6 heteroatoms. The van der Waals surface area contributed by atoms with Crippen molar-refractivity contribution in [1.29, 1.82) is 0 Å². The number of pyridine rings is 1. The maximum atomic E-state index is 4.26. The zero-order valence-corrected chi connectivity index (χ0v) is 13.0. The second kappa shape index (κ2) is 5.89. The van der Waals surface area contributed by atoms with Gasteiger partial charge in [-0.3, -0.25) is 9.88 Å². The van der Waals surface area contributed by atoms with E-state index in [1.54, 1.807) is 0 Å². The zero-order chi connectivity index (χ0) is 15.6. The third-order valence-corrected chi connectivity index (χ3v) is 4.26. The molecule has 2 aromatic heterocycles. The first-order valence-corrected chi connectivity index (χ1v) is 7.77. The van der Waals surface area contributed by atoms with E-state index in [4.69, 9.17) is 0 Å². The number of hydrogen-bond acceptors (Lipinski definition) is 5. The Kier molecular flexibility index (Phi) is 3.59. The van der Waals surface area contributed by atoms with Gasteiger partial charge in [-0.2, -0.15) is 0 Å². The average Bonchev–Trinajstić information content (AvgIpc) is 3.04. The van der Waals surface area contributed by atoms with Crippen molar-refractivity contribution in [3.63, 3.8) is 0 Å². The fourth-order valence-corrected chi connectivity index (χ4v) is 3.20. The fraction of sp³-hybridized carbons (Fsp3) is 0.294. The molecule has 0 spiro atoms. The largest absolute Gasteiger partial charge is 0.284 e. The number of benzene rings is 1. The van der Waals surface area contributed by atoms with Crippen LogP contribution in [0, 0.1) is 6.92 Å². The minimum Gasteiger partial charge on any atom is -0.284 e. The summed E-state index contributed by atoms with van der Waals surface area (Å²) in [5.41, 5.74) is 3.76. The SMILES string of the molecule is Cc1cccc(CN2CCn3nnnc3C2c2ccncc2)c1. The standard InChI is InChI=1S/C17H18N6/c1-13-3-2-4-14(11-13)12-22-9-10-23-17(19-20-21-23)16(22)15-5-7-18-8-6-15/h2-8,11,16H,9-10,12H2,1H3. The first kappa shape index (κ1) is 14.0. The molecule has 23 heavy (non-hydrogen) atoms. The summed E-state index contributed by atoms with van der Waals surface area (Å²) in [7, 11) is 0. The van der Waals surface area contributed by atoms with Crippen molar-refractivity contribution in [1.82, 2.24) is 30.1 Å². The molecule has 1 atom stereocenters. The Morgan fingerprint density at radius 1 is 1.13 bits per heavy atom. The van der Waals surface area contributed by atoms with Crippen molar-refractivity contribution in [2.24, 2.45) is 0 Å². The van der Waals surface area contributed by atoms with E-state index in [2.05, 4.69) is 56.6 Å². The number of hydrogen-bond donors (Lipinski definition) is 0. The van der Waals surface area contributed by atoms with Gasteiger partial charge < -0.3 is 0 Å². The average molecular weight is 306 g/mol. The minimum atomic E-state index is 0.0577. The van der Waals surface area contributed by atoms with Gasteiger partial charge in [0.05, 0.1) is 12.6 Å². The number of tetrazole rings is 1. The number of fused-ring (bicyclic) bond motifs is 1. The number of aryl methyl sites for hydroxylation is 1. The molecule has 1 unspecified atom stereocenters. The molecule has 4 rings (SSSR count). The highest BCUT2D eigenvalue weighted by Gasteiger charge is 2.31. The molecule has 0 aliphatic carbocycles. The third kappa shape index (κ3) is 2.73. The minimum absolute atomic E-state index is 0.0577. The maximum Gasteiger partial charge on any atom is 0.173 e. The molecule has 1 aliphatic rings. The molecule has 1 aliphatic heterocycles. The van der Waals surface area contributed by atoms with Crippen LogP contribution in [-0.2, 0) is 13.1 Å². The van der Waals surface area contributed by atoms with E-state index in [-0.39, 0.29) is 6.04 Å². The van der Waals surface area contributed by atoms with Crippen molar-refractivity contribution in [2.45, 2.75) is 26.1 Å². The second-order valence-corrected chi connectivity index (χ2v) is 5.90. The lowest BCUT2D eigenvalue weighted by Crippen LogP contribution is -2.39. The van der Waals surface area contributed by atoms with E-state index < -0.39 is 0 Å². The van der Waals surface area contributed by atoms with Gasteiger partial charge in [0.1, 0.15) is 0 Å². The van der Waals surface area contributed by atoms with E-state index in [1.807, 2.05) is 29.2 Å². The van der Waals surface area contributed by atoms with Crippen LogP contribution in [-0.4, -0.2) is 36.6 Å². The van der Waals surface area contributed by atoms with Crippen LogP contribution in [0.15, 0.2) is 48.8 Å². The van der Waals surface area contributed by atoms with E-state index in [1.165, 1.54) is 16.7 Å². The van der Waals surface area contributed by atoms with Gasteiger partial charge in [0.2, 0.25) is 0 Å². The van der Waals surface area contributed by atoms with Crippen LogP contribution >= 0.6 is 0 Å². The molecule has 1 aromatic carbocycles. The van der Waals surface area contributed by atoms with E-state index in [0.717, 1.165) is 25.5 Å². The lowest BCUT2D eigenvalue weighted by molar-refractivity contribution is 0.164. The van der Waals surface area contributed by atoms with Gasteiger partial charge in [0.25, 0.3) is 0 Å². The third-order valence-electron chi connectivity index (χ3n) is 4.26. The molecule has 3 aromatic rings. The van der Waals surface area contributed by atoms with Gasteiger partial charge in [-0.1, -0.05) is 29.8 Å². The Hall–Kier alpha value is -2.60. The second-order valence-electron chi connectivity index (χ2n) is 5.90. The molecule has 0 fully saturated rings. The quantitative estimate of drug-likeness (QED) is 0.740. The highest BCUT2D eigenvalue weighted by atomic mass is 15.6. The number of rotatable bonds is 3. The van der Waals surface area contributed by atoms with Crippen LogP contribution in [0.2, 0.25) is 0 Å². The maximum absolute atomic E-state index is 4.26. The summed E-state index contributed by atoms with van der Waals surface area (Å²) in [6, 6.07) is 12.8. The van der Waals surface area contributed by atoms with Crippen LogP contribution in [0.25, 0.3) is 0 Å². The lowest BCUT2D eigenvalue weighted by Gasteiger charge is -2.34. The molecule has 6 nitrogen and oxygen atoms in total. The Morgan fingerprint density at radius 2 is 2.00 bits per heavy atom.